The first-order chi connectivity index (χ1) is 6.63. The van der Waals surface area contributed by atoms with E-state index < -0.39 is 0 Å². The van der Waals surface area contributed by atoms with Crippen LogP contribution in [-0.2, 0) is 6.54 Å². The summed E-state index contributed by atoms with van der Waals surface area (Å²) in [6, 6.07) is 3.07. The Kier molecular flexibility index (Phi) is 2.19. The second kappa shape index (κ2) is 3.24. The van der Waals surface area contributed by atoms with Crippen LogP contribution in [0.4, 0.5) is 10.3 Å². The molecule has 1 heterocycles. The van der Waals surface area contributed by atoms with Crippen molar-refractivity contribution in [2.45, 2.75) is 13.5 Å². The van der Waals surface area contributed by atoms with E-state index in [4.69, 9.17) is 5.73 Å². The first-order valence-electron chi connectivity index (χ1n) is 4.24. The molecular formula is C9H9BrFN3. The van der Waals surface area contributed by atoms with Crippen molar-refractivity contribution in [3.8, 4) is 0 Å². The van der Waals surface area contributed by atoms with Crippen LogP contribution in [0.5, 0.6) is 0 Å². The van der Waals surface area contributed by atoms with Gasteiger partial charge in [0.15, 0.2) is 0 Å². The number of fused-ring (bicyclic) bond motifs is 1. The van der Waals surface area contributed by atoms with E-state index in [2.05, 4.69) is 20.9 Å². The molecule has 14 heavy (non-hydrogen) atoms. The van der Waals surface area contributed by atoms with E-state index in [1.54, 1.807) is 10.6 Å². The summed E-state index contributed by atoms with van der Waals surface area (Å²) >= 11 is 3.11. The lowest BCUT2D eigenvalue weighted by Gasteiger charge is -2.01. The second-order valence-electron chi connectivity index (χ2n) is 2.97. The molecule has 0 saturated carbocycles. The Morgan fingerprint density at radius 1 is 1.57 bits per heavy atom. The van der Waals surface area contributed by atoms with Gasteiger partial charge in [0.05, 0.1) is 15.5 Å². The fourth-order valence-corrected chi connectivity index (χ4v) is 1.80. The smallest absolute Gasteiger partial charge is 0.201 e. The molecule has 0 spiro atoms. The number of hydrogen-bond acceptors (Lipinski definition) is 2. The predicted molar refractivity (Wildman–Crippen MR) is 57.5 cm³/mol. The Hall–Kier alpha value is -1.10. The summed E-state index contributed by atoms with van der Waals surface area (Å²) in [4.78, 5) is 4.13. The number of aryl methyl sites for hydroxylation is 1. The van der Waals surface area contributed by atoms with E-state index in [1.165, 1.54) is 6.07 Å². The largest absolute Gasteiger partial charge is 0.369 e. The van der Waals surface area contributed by atoms with E-state index in [0.717, 1.165) is 5.52 Å². The van der Waals surface area contributed by atoms with Crippen LogP contribution in [-0.4, -0.2) is 9.55 Å². The van der Waals surface area contributed by atoms with E-state index in [0.29, 0.717) is 22.5 Å². The summed E-state index contributed by atoms with van der Waals surface area (Å²) in [6.07, 6.45) is 0. The van der Waals surface area contributed by atoms with Crippen molar-refractivity contribution in [3.63, 3.8) is 0 Å². The molecular weight excluding hydrogens is 249 g/mol. The van der Waals surface area contributed by atoms with Crippen molar-refractivity contribution < 1.29 is 4.39 Å². The van der Waals surface area contributed by atoms with Crippen LogP contribution in [0.15, 0.2) is 16.6 Å². The van der Waals surface area contributed by atoms with Crippen LogP contribution in [0.1, 0.15) is 6.92 Å². The van der Waals surface area contributed by atoms with Crippen LogP contribution < -0.4 is 5.73 Å². The van der Waals surface area contributed by atoms with Crippen LogP contribution in [0.3, 0.4) is 0 Å². The zero-order valence-electron chi connectivity index (χ0n) is 7.59. The number of hydrogen-bond donors (Lipinski definition) is 1. The summed E-state index contributed by atoms with van der Waals surface area (Å²) in [6.45, 7) is 2.63. The molecule has 3 nitrogen and oxygen atoms in total. The molecule has 0 unspecified atom stereocenters. The molecule has 0 bridgehead atoms. The van der Waals surface area contributed by atoms with Crippen LogP contribution >= 0.6 is 15.9 Å². The molecule has 0 aliphatic heterocycles. The molecule has 1 aromatic carbocycles. The van der Waals surface area contributed by atoms with Gasteiger partial charge in [0.1, 0.15) is 5.82 Å². The average molecular weight is 258 g/mol. The van der Waals surface area contributed by atoms with E-state index in [-0.39, 0.29) is 5.82 Å². The Balaban J connectivity index is 2.82. The summed E-state index contributed by atoms with van der Waals surface area (Å²) < 4.78 is 15.4. The van der Waals surface area contributed by atoms with E-state index >= 15 is 0 Å². The number of benzene rings is 1. The Morgan fingerprint density at radius 3 is 2.93 bits per heavy atom. The minimum atomic E-state index is -0.299. The maximum Gasteiger partial charge on any atom is 0.201 e. The van der Waals surface area contributed by atoms with E-state index in [1.807, 2.05) is 6.92 Å². The number of imidazole rings is 1. The van der Waals surface area contributed by atoms with Gasteiger partial charge in [-0.05, 0) is 28.9 Å². The molecule has 1 aromatic heterocycles. The van der Waals surface area contributed by atoms with Gasteiger partial charge in [-0.15, -0.1) is 0 Å². The lowest BCUT2D eigenvalue weighted by atomic mass is 10.3. The molecule has 0 fully saturated rings. The number of halogens is 2. The predicted octanol–water partition coefficient (Wildman–Crippen LogP) is 2.54. The van der Waals surface area contributed by atoms with Crippen molar-refractivity contribution in [1.29, 1.82) is 0 Å². The molecule has 0 aliphatic carbocycles. The SMILES string of the molecule is CCn1c(N)nc2cc(Br)c(F)cc21. The molecule has 5 heteroatoms. The van der Waals surface area contributed by atoms with Crippen LogP contribution in [0, 0.1) is 5.82 Å². The summed E-state index contributed by atoms with van der Waals surface area (Å²) in [5, 5.41) is 0. The van der Waals surface area contributed by atoms with Gasteiger partial charge < -0.3 is 10.3 Å². The highest BCUT2D eigenvalue weighted by atomic mass is 79.9. The normalized spacial score (nSPS) is 11.1. The summed E-state index contributed by atoms with van der Waals surface area (Å²) in [7, 11) is 0. The third-order valence-electron chi connectivity index (χ3n) is 2.14. The Morgan fingerprint density at radius 2 is 2.29 bits per heavy atom. The topological polar surface area (TPSA) is 43.8 Å². The molecule has 0 amide bonds. The minimum Gasteiger partial charge on any atom is -0.369 e. The lowest BCUT2D eigenvalue weighted by Crippen LogP contribution is -2.00. The van der Waals surface area contributed by atoms with Gasteiger partial charge in [0, 0.05) is 12.6 Å². The molecule has 2 aromatic rings. The summed E-state index contributed by atoms with van der Waals surface area (Å²) in [5.41, 5.74) is 7.11. The molecule has 2 N–H and O–H groups in total. The maximum absolute atomic E-state index is 13.2. The van der Waals surface area contributed by atoms with E-state index in [9.17, 15) is 4.39 Å². The zero-order valence-corrected chi connectivity index (χ0v) is 9.18. The monoisotopic (exact) mass is 257 g/mol. The number of nitrogens with two attached hydrogens (primary N) is 1. The van der Waals surface area contributed by atoms with Gasteiger partial charge in [-0.3, -0.25) is 0 Å². The fourth-order valence-electron chi connectivity index (χ4n) is 1.47. The standard InChI is InChI=1S/C9H9BrFN3/c1-2-14-8-4-6(11)5(10)3-7(8)13-9(14)12/h3-4H,2H2,1H3,(H2,12,13). The average Bonchev–Trinajstić information content (AvgIpc) is 2.42. The van der Waals surface area contributed by atoms with Crippen molar-refractivity contribution in [1.82, 2.24) is 9.55 Å². The first kappa shape index (κ1) is 9.45. The number of anilines is 1. The Labute approximate surface area is 88.9 Å². The lowest BCUT2D eigenvalue weighted by molar-refractivity contribution is 0.621. The number of rotatable bonds is 1. The molecule has 0 atom stereocenters. The second-order valence-corrected chi connectivity index (χ2v) is 3.82. The van der Waals surface area contributed by atoms with Crippen LogP contribution in [0.2, 0.25) is 0 Å². The van der Waals surface area contributed by atoms with Crippen LogP contribution in [0.25, 0.3) is 11.0 Å². The zero-order chi connectivity index (χ0) is 10.3. The molecule has 0 saturated heterocycles. The van der Waals surface area contributed by atoms with Gasteiger partial charge >= 0.3 is 0 Å². The highest BCUT2D eigenvalue weighted by Gasteiger charge is 2.09. The highest BCUT2D eigenvalue weighted by molar-refractivity contribution is 9.10. The van der Waals surface area contributed by atoms with Crippen molar-refractivity contribution in [2.75, 3.05) is 5.73 Å². The van der Waals surface area contributed by atoms with Gasteiger partial charge in [-0.2, -0.15) is 0 Å². The number of nitrogens with zero attached hydrogens (tertiary/aromatic N) is 2. The fraction of sp³-hybridized carbons (Fsp3) is 0.222. The summed E-state index contributed by atoms with van der Waals surface area (Å²) in [5.74, 6) is 0.118. The number of nitrogen functional groups attached to an aromatic ring is 1. The van der Waals surface area contributed by atoms with Gasteiger partial charge in [0.2, 0.25) is 5.95 Å². The van der Waals surface area contributed by atoms with Crippen molar-refractivity contribution in [2.24, 2.45) is 0 Å². The van der Waals surface area contributed by atoms with Gasteiger partial charge in [0.25, 0.3) is 0 Å². The molecule has 0 aliphatic rings. The van der Waals surface area contributed by atoms with Crippen molar-refractivity contribution >= 4 is 32.9 Å². The quantitative estimate of drug-likeness (QED) is 0.854. The first-order valence-corrected chi connectivity index (χ1v) is 5.03. The minimum absolute atomic E-state index is 0.299. The molecule has 0 radical (unpaired) electrons. The number of aromatic nitrogens is 2. The van der Waals surface area contributed by atoms with Gasteiger partial charge in [-0.25, -0.2) is 9.37 Å². The molecule has 2 rings (SSSR count). The third-order valence-corrected chi connectivity index (χ3v) is 2.74. The van der Waals surface area contributed by atoms with Crippen molar-refractivity contribution in [3.05, 3.63) is 22.4 Å². The molecule has 74 valence electrons. The third kappa shape index (κ3) is 1.28. The van der Waals surface area contributed by atoms with Gasteiger partial charge in [-0.1, -0.05) is 0 Å². The highest BCUT2D eigenvalue weighted by Crippen LogP contribution is 2.24. The Bertz CT molecular complexity index is 492. The maximum atomic E-state index is 13.2.